The molecule has 88 valence electrons. The zero-order chi connectivity index (χ0) is 12.3. The highest BCUT2D eigenvalue weighted by atomic mass is 79.9. The van der Waals surface area contributed by atoms with Crippen molar-refractivity contribution in [3.63, 3.8) is 0 Å². The number of ether oxygens (including phenoxy) is 1. The zero-order valence-corrected chi connectivity index (χ0v) is 11.0. The Morgan fingerprint density at radius 1 is 1.12 bits per heavy atom. The maximum absolute atomic E-state index is 9.47. The van der Waals surface area contributed by atoms with E-state index < -0.39 is 6.10 Å². The van der Waals surface area contributed by atoms with Crippen molar-refractivity contribution in [1.29, 1.82) is 0 Å². The van der Waals surface area contributed by atoms with E-state index in [1.165, 1.54) is 0 Å². The minimum Gasteiger partial charge on any atom is -0.456 e. The van der Waals surface area contributed by atoms with Crippen molar-refractivity contribution in [2.24, 2.45) is 0 Å². The first kappa shape index (κ1) is 12.1. The Morgan fingerprint density at radius 3 is 2.41 bits per heavy atom. The van der Waals surface area contributed by atoms with Gasteiger partial charge in [0, 0.05) is 0 Å². The van der Waals surface area contributed by atoms with E-state index in [1.807, 2.05) is 48.5 Å². The second-order valence-corrected chi connectivity index (χ2v) is 4.64. The van der Waals surface area contributed by atoms with Crippen LogP contribution in [0.2, 0.25) is 0 Å². The van der Waals surface area contributed by atoms with Gasteiger partial charge in [0.15, 0.2) is 0 Å². The average Bonchev–Trinajstić information content (AvgIpc) is 2.33. The van der Waals surface area contributed by atoms with Gasteiger partial charge in [0.25, 0.3) is 0 Å². The topological polar surface area (TPSA) is 29.5 Å². The molecule has 0 heterocycles. The Hall–Kier alpha value is -1.32. The van der Waals surface area contributed by atoms with Crippen LogP contribution in [0.25, 0.3) is 0 Å². The van der Waals surface area contributed by atoms with Crippen LogP contribution in [0, 0.1) is 0 Å². The summed E-state index contributed by atoms with van der Waals surface area (Å²) in [5, 5.41) is 9.47. The summed E-state index contributed by atoms with van der Waals surface area (Å²) in [6, 6.07) is 15.2. The summed E-state index contributed by atoms with van der Waals surface area (Å²) in [6.45, 7) is 1.74. The van der Waals surface area contributed by atoms with Gasteiger partial charge < -0.3 is 9.84 Å². The summed E-state index contributed by atoms with van der Waals surface area (Å²) >= 11 is 3.44. The van der Waals surface area contributed by atoms with Crippen LogP contribution in [0.3, 0.4) is 0 Å². The molecule has 0 saturated carbocycles. The van der Waals surface area contributed by atoms with Gasteiger partial charge in [-0.05, 0) is 52.7 Å². The standard InChI is InChI=1S/C14H13BrO2/c1-10(16)11-7-8-14(13(15)9-11)17-12-5-3-2-4-6-12/h2-10,16H,1H3/t10-/m1/s1. The lowest BCUT2D eigenvalue weighted by Crippen LogP contribution is -1.92. The third kappa shape index (κ3) is 3.08. The van der Waals surface area contributed by atoms with Crippen LogP contribution < -0.4 is 4.74 Å². The van der Waals surface area contributed by atoms with Gasteiger partial charge in [-0.3, -0.25) is 0 Å². The predicted molar refractivity (Wildman–Crippen MR) is 71.3 cm³/mol. The number of hydrogen-bond acceptors (Lipinski definition) is 2. The molecule has 2 nitrogen and oxygen atoms in total. The van der Waals surface area contributed by atoms with Gasteiger partial charge >= 0.3 is 0 Å². The molecule has 2 aromatic rings. The second kappa shape index (κ2) is 5.34. The number of rotatable bonds is 3. The van der Waals surface area contributed by atoms with Crippen LogP contribution in [0.15, 0.2) is 53.0 Å². The molecular formula is C14H13BrO2. The number of aliphatic hydroxyl groups is 1. The van der Waals surface area contributed by atoms with Gasteiger partial charge in [0.05, 0.1) is 10.6 Å². The zero-order valence-electron chi connectivity index (χ0n) is 9.43. The molecule has 0 fully saturated rings. The van der Waals surface area contributed by atoms with Crippen molar-refractivity contribution in [3.8, 4) is 11.5 Å². The van der Waals surface area contributed by atoms with Crippen LogP contribution in [-0.4, -0.2) is 5.11 Å². The van der Waals surface area contributed by atoms with E-state index in [0.717, 1.165) is 21.5 Å². The monoisotopic (exact) mass is 292 g/mol. The first-order valence-corrected chi connectivity index (χ1v) is 6.16. The number of aliphatic hydroxyl groups excluding tert-OH is 1. The third-order valence-electron chi connectivity index (χ3n) is 2.41. The number of para-hydroxylation sites is 1. The molecule has 0 unspecified atom stereocenters. The largest absolute Gasteiger partial charge is 0.456 e. The Labute approximate surface area is 109 Å². The number of halogens is 1. The fourth-order valence-electron chi connectivity index (χ4n) is 1.48. The quantitative estimate of drug-likeness (QED) is 0.914. The van der Waals surface area contributed by atoms with E-state index in [9.17, 15) is 5.11 Å². The van der Waals surface area contributed by atoms with Gasteiger partial charge in [-0.25, -0.2) is 0 Å². The molecule has 0 amide bonds. The maximum atomic E-state index is 9.47. The molecule has 1 atom stereocenters. The van der Waals surface area contributed by atoms with E-state index in [4.69, 9.17) is 4.74 Å². The molecule has 2 rings (SSSR count). The lowest BCUT2D eigenvalue weighted by Gasteiger charge is -2.10. The number of benzene rings is 2. The van der Waals surface area contributed by atoms with E-state index in [-0.39, 0.29) is 0 Å². The Morgan fingerprint density at radius 2 is 1.82 bits per heavy atom. The van der Waals surface area contributed by atoms with E-state index in [0.29, 0.717) is 0 Å². The molecule has 0 radical (unpaired) electrons. The molecule has 17 heavy (non-hydrogen) atoms. The summed E-state index contributed by atoms with van der Waals surface area (Å²) in [5.41, 5.74) is 0.859. The Balaban J connectivity index is 2.23. The fourth-order valence-corrected chi connectivity index (χ4v) is 1.95. The van der Waals surface area contributed by atoms with Gasteiger partial charge in [0.1, 0.15) is 11.5 Å². The molecule has 1 N–H and O–H groups in total. The normalized spacial score (nSPS) is 12.2. The van der Waals surface area contributed by atoms with E-state index in [2.05, 4.69) is 15.9 Å². The van der Waals surface area contributed by atoms with Crippen molar-refractivity contribution >= 4 is 15.9 Å². The van der Waals surface area contributed by atoms with Crippen LogP contribution >= 0.6 is 15.9 Å². The molecule has 0 spiro atoms. The summed E-state index contributed by atoms with van der Waals surface area (Å²) < 4.78 is 6.55. The third-order valence-corrected chi connectivity index (χ3v) is 3.03. The first-order chi connectivity index (χ1) is 8.16. The predicted octanol–water partition coefficient (Wildman–Crippen LogP) is 4.29. The highest BCUT2D eigenvalue weighted by Crippen LogP contribution is 2.31. The van der Waals surface area contributed by atoms with Gasteiger partial charge in [0.2, 0.25) is 0 Å². The minimum absolute atomic E-state index is 0.475. The summed E-state index contributed by atoms with van der Waals surface area (Å²) in [7, 11) is 0. The fraction of sp³-hybridized carbons (Fsp3) is 0.143. The van der Waals surface area contributed by atoms with Crippen LogP contribution in [0.4, 0.5) is 0 Å². The number of hydrogen-bond donors (Lipinski definition) is 1. The van der Waals surface area contributed by atoms with Crippen molar-refractivity contribution in [2.45, 2.75) is 13.0 Å². The lowest BCUT2D eigenvalue weighted by atomic mass is 10.1. The maximum Gasteiger partial charge on any atom is 0.141 e. The van der Waals surface area contributed by atoms with Gasteiger partial charge in [-0.1, -0.05) is 24.3 Å². The molecular weight excluding hydrogens is 280 g/mol. The van der Waals surface area contributed by atoms with Crippen molar-refractivity contribution in [2.75, 3.05) is 0 Å². The van der Waals surface area contributed by atoms with Gasteiger partial charge in [-0.2, -0.15) is 0 Å². The smallest absolute Gasteiger partial charge is 0.141 e. The first-order valence-electron chi connectivity index (χ1n) is 5.37. The van der Waals surface area contributed by atoms with Crippen LogP contribution in [0.5, 0.6) is 11.5 Å². The summed E-state index contributed by atoms with van der Waals surface area (Å²) in [5.74, 6) is 1.53. The van der Waals surface area contributed by atoms with E-state index >= 15 is 0 Å². The van der Waals surface area contributed by atoms with Gasteiger partial charge in [-0.15, -0.1) is 0 Å². The minimum atomic E-state index is -0.475. The lowest BCUT2D eigenvalue weighted by molar-refractivity contribution is 0.199. The molecule has 0 saturated heterocycles. The molecule has 0 aliphatic heterocycles. The SMILES string of the molecule is C[C@@H](O)c1ccc(Oc2ccccc2)c(Br)c1. The second-order valence-electron chi connectivity index (χ2n) is 3.78. The van der Waals surface area contributed by atoms with E-state index in [1.54, 1.807) is 6.92 Å². The molecule has 0 bridgehead atoms. The molecule has 0 aliphatic carbocycles. The summed E-state index contributed by atoms with van der Waals surface area (Å²) in [6.07, 6.45) is -0.475. The average molecular weight is 293 g/mol. The highest BCUT2D eigenvalue weighted by molar-refractivity contribution is 9.10. The highest BCUT2D eigenvalue weighted by Gasteiger charge is 2.06. The molecule has 0 aromatic heterocycles. The van der Waals surface area contributed by atoms with Crippen molar-refractivity contribution in [3.05, 3.63) is 58.6 Å². The van der Waals surface area contributed by atoms with Crippen molar-refractivity contribution in [1.82, 2.24) is 0 Å². The molecule has 0 aliphatic rings. The van der Waals surface area contributed by atoms with Crippen molar-refractivity contribution < 1.29 is 9.84 Å². The Bertz CT molecular complexity index is 495. The summed E-state index contributed by atoms with van der Waals surface area (Å²) in [4.78, 5) is 0. The van der Waals surface area contributed by atoms with Crippen LogP contribution in [-0.2, 0) is 0 Å². The van der Waals surface area contributed by atoms with Crippen LogP contribution in [0.1, 0.15) is 18.6 Å². The molecule has 3 heteroatoms. The molecule has 2 aromatic carbocycles. The Kier molecular flexibility index (Phi) is 3.82.